The molecule has 3 heteroatoms. The van der Waals surface area contributed by atoms with E-state index in [0.717, 1.165) is 22.6 Å². The molecule has 1 atom stereocenters. The smallest absolute Gasteiger partial charge is 0.120 e. The molecular weight excluding hydrogens is 296 g/mol. The molecule has 1 aliphatic heterocycles. The molecule has 0 saturated carbocycles. The summed E-state index contributed by atoms with van der Waals surface area (Å²) >= 11 is 0. The summed E-state index contributed by atoms with van der Waals surface area (Å²) in [6, 6.07) is 19.9. The fourth-order valence-corrected chi connectivity index (χ4v) is 2.89. The molecule has 1 heterocycles. The second-order valence-electron chi connectivity index (χ2n) is 6.16. The minimum atomic E-state index is -0.362. The number of nitriles is 1. The highest BCUT2D eigenvalue weighted by molar-refractivity contribution is 5.40. The molecule has 1 N–H and O–H groups in total. The van der Waals surface area contributed by atoms with Crippen LogP contribution in [0.5, 0.6) is 0 Å². The van der Waals surface area contributed by atoms with Crippen molar-refractivity contribution in [2.24, 2.45) is 0 Å². The van der Waals surface area contributed by atoms with Gasteiger partial charge in [-0.1, -0.05) is 42.5 Å². The summed E-state index contributed by atoms with van der Waals surface area (Å²) in [5.74, 6) is 0.849. The second-order valence-corrected chi connectivity index (χ2v) is 6.16. The number of allylic oxidation sites excluding steroid dienone is 2. The van der Waals surface area contributed by atoms with Gasteiger partial charge in [-0.05, 0) is 49.3 Å². The summed E-state index contributed by atoms with van der Waals surface area (Å²) in [4.78, 5) is 0. The van der Waals surface area contributed by atoms with Crippen molar-refractivity contribution >= 4 is 0 Å². The Kier molecular flexibility index (Phi) is 4.39. The van der Waals surface area contributed by atoms with E-state index in [1.165, 1.54) is 0 Å². The van der Waals surface area contributed by atoms with Gasteiger partial charge in [0.2, 0.25) is 0 Å². The van der Waals surface area contributed by atoms with Gasteiger partial charge in [-0.3, -0.25) is 0 Å². The Morgan fingerprint density at radius 3 is 2.46 bits per heavy atom. The average molecular weight is 316 g/mol. The third-order valence-electron chi connectivity index (χ3n) is 4.11. The van der Waals surface area contributed by atoms with Crippen molar-refractivity contribution in [1.82, 2.24) is 5.32 Å². The van der Waals surface area contributed by atoms with E-state index in [1.54, 1.807) is 0 Å². The van der Waals surface area contributed by atoms with Crippen molar-refractivity contribution in [3.63, 3.8) is 0 Å². The monoisotopic (exact) mass is 316 g/mol. The number of benzene rings is 2. The van der Waals surface area contributed by atoms with Crippen LogP contribution in [0.3, 0.4) is 0 Å². The molecule has 1 unspecified atom stereocenters. The highest BCUT2D eigenvalue weighted by atomic mass is 16.5. The lowest BCUT2D eigenvalue weighted by atomic mass is 9.88. The van der Waals surface area contributed by atoms with Gasteiger partial charge in [0.25, 0.3) is 0 Å². The highest BCUT2D eigenvalue weighted by Crippen LogP contribution is 2.30. The molecule has 0 aromatic heterocycles. The predicted molar refractivity (Wildman–Crippen MR) is 94.7 cm³/mol. The van der Waals surface area contributed by atoms with E-state index in [-0.39, 0.29) is 5.54 Å². The molecule has 0 saturated heterocycles. The van der Waals surface area contributed by atoms with Crippen LogP contribution in [0.2, 0.25) is 0 Å². The third kappa shape index (κ3) is 3.49. The molecule has 0 radical (unpaired) electrons. The van der Waals surface area contributed by atoms with Gasteiger partial charge in [0.05, 0.1) is 17.2 Å². The number of nitrogens with zero attached hydrogens (tertiary/aromatic N) is 1. The topological polar surface area (TPSA) is 45.0 Å². The maximum atomic E-state index is 8.96. The van der Waals surface area contributed by atoms with E-state index in [1.807, 2.05) is 55.5 Å². The molecule has 3 nitrogen and oxygen atoms in total. The van der Waals surface area contributed by atoms with Crippen LogP contribution in [0.4, 0.5) is 0 Å². The summed E-state index contributed by atoms with van der Waals surface area (Å²) in [5.41, 5.74) is 3.58. The zero-order valence-corrected chi connectivity index (χ0v) is 13.9. The van der Waals surface area contributed by atoms with E-state index in [2.05, 4.69) is 36.5 Å². The van der Waals surface area contributed by atoms with Gasteiger partial charge in [-0.25, -0.2) is 0 Å². The Bertz CT molecular complexity index is 813. The summed E-state index contributed by atoms with van der Waals surface area (Å²) in [6.07, 6.45) is 4.10. The molecule has 0 fully saturated rings. The molecule has 120 valence electrons. The first kappa shape index (κ1) is 15.9. The van der Waals surface area contributed by atoms with Crippen LogP contribution in [0.1, 0.15) is 30.5 Å². The zero-order valence-electron chi connectivity index (χ0n) is 13.9. The van der Waals surface area contributed by atoms with Gasteiger partial charge < -0.3 is 10.1 Å². The highest BCUT2D eigenvalue weighted by Gasteiger charge is 2.27. The van der Waals surface area contributed by atoms with E-state index >= 15 is 0 Å². The van der Waals surface area contributed by atoms with Crippen LogP contribution < -0.4 is 5.32 Å². The first-order chi connectivity index (χ1) is 11.6. The van der Waals surface area contributed by atoms with Crippen molar-refractivity contribution in [1.29, 1.82) is 5.26 Å². The maximum absolute atomic E-state index is 8.96. The van der Waals surface area contributed by atoms with Gasteiger partial charge in [-0.15, -0.1) is 0 Å². The Hall–Kier alpha value is -2.99. The van der Waals surface area contributed by atoms with Crippen molar-refractivity contribution in [3.05, 3.63) is 94.9 Å². The molecule has 2 aromatic rings. The molecule has 24 heavy (non-hydrogen) atoms. The molecular formula is C21H20N2O. The number of dihydropyridines is 1. The zero-order chi connectivity index (χ0) is 17.0. The number of hydrogen-bond acceptors (Lipinski definition) is 3. The fourth-order valence-electron chi connectivity index (χ4n) is 2.89. The maximum Gasteiger partial charge on any atom is 0.120 e. The first-order valence-electron chi connectivity index (χ1n) is 7.96. The lowest BCUT2D eigenvalue weighted by molar-refractivity contribution is 0.203. The Morgan fingerprint density at radius 1 is 1.08 bits per heavy atom. The van der Waals surface area contributed by atoms with E-state index in [0.29, 0.717) is 12.2 Å². The van der Waals surface area contributed by atoms with Gasteiger partial charge in [0.1, 0.15) is 12.4 Å². The molecule has 2 aromatic carbocycles. The minimum absolute atomic E-state index is 0.362. The third-order valence-corrected chi connectivity index (χ3v) is 4.11. The predicted octanol–water partition coefficient (Wildman–Crippen LogP) is 4.38. The van der Waals surface area contributed by atoms with Crippen molar-refractivity contribution < 1.29 is 4.74 Å². The van der Waals surface area contributed by atoms with Crippen LogP contribution in [-0.2, 0) is 16.9 Å². The molecule has 0 bridgehead atoms. The standard InChI is InChI=1S/C21H20N2O/c1-16-12-20(24-15-18-6-4-3-5-7-18)13-21(2,23-16)19-10-8-17(14-22)9-11-19/h3-13,23H,15H2,1-2H3. The number of hydrogen-bond donors (Lipinski definition) is 1. The van der Waals surface area contributed by atoms with Crippen molar-refractivity contribution in [2.75, 3.05) is 0 Å². The molecule has 3 rings (SSSR count). The molecule has 1 aliphatic rings. The number of rotatable bonds is 4. The van der Waals surface area contributed by atoms with Gasteiger partial charge in [0.15, 0.2) is 0 Å². The SMILES string of the molecule is CC1=CC(OCc2ccccc2)=CC(C)(c2ccc(C#N)cc2)N1. The normalized spacial score (nSPS) is 19.5. The van der Waals surface area contributed by atoms with Crippen molar-refractivity contribution in [3.8, 4) is 6.07 Å². The lowest BCUT2D eigenvalue weighted by Gasteiger charge is -2.33. The van der Waals surface area contributed by atoms with Crippen LogP contribution in [-0.4, -0.2) is 0 Å². The second kappa shape index (κ2) is 6.64. The summed E-state index contributed by atoms with van der Waals surface area (Å²) in [5, 5.41) is 12.5. The van der Waals surface area contributed by atoms with Crippen LogP contribution in [0, 0.1) is 11.3 Å². The Morgan fingerprint density at radius 2 is 1.79 bits per heavy atom. The van der Waals surface area contributed by atoms with E-state index < -0.39 is 0 Å². The van der Waals surface area contributed by atoms with E-state index in [4.69, 9.17) is 10.00 Å². The Balaban J connectivity index is 1.82. The summed E-state index contributed by atoms with van der Waals surface area (Å²) in [7, 11) is 0. The summed E-state index contributed by atoms with van der Waals surface area (Å²) in [6.45, 7) is 4.68. The lowest BCUT2D eigenvalue weighted by Crippen LogP contribution is -2.39. The summed E-state index contributed by atoms with van der Waals surface area (Å²) < 4.78 is 5.99. The van der Waals surface area contributed by atoms with Crippen LogP contribution in [0.25, 0.3) is 0 Å². The van der Waals surface area contributed by atoms with E-state index in [9.17, 15) is 0 Å². The average Bonchev–Trinajstić information content (AvgIpc) is 2.60. The molecule has 0 amide bonds. The Labute approximate surface area is 142 Å². The molecule has 0 spiro atoms. The van der Waals surface area contributed by atoms with Gasteiger partial charge in [-0.2, -0.15) is 5.26 Å². The van der Waals surface area contributed by atoms with Crippen LogP contribution in [0.15, 0.2) is 78.2 Å². The largest absolute Gasteiger partial charge is 0.489 e. The first-order valence-corrected chi connectivity index (χ1v) is 7.96. The van der Waals surface area contributed by atoms with Gasteiger partial charge in [0, 0.05) is 5.70 Å². The minimum Gasteiger partial charge on any atom is -0.489 e. The number of nitrogens with one attached hydrogen (secondary N) is 1. The quantitative estimate of drug-likeness (QED) is 0.910. The van der Waals surface area contributed by atoms with Gasteiger partial charge >= 0.3 is 0 Å². The van der Waals surface area contributed by atoms with Crippen molar-refractivity contribution in [2.45, 2.75) is 26.0 Å². The van der Waals surface area contributed by atoms with Crippen LogP contribution >= 0.6 is 0 Å². The number of ether oxygens (including phenoxy) is 1. The molecule has 0 aliphatic carbocycles. The fraction of sp³-hybridized carbons (Fsp3) is 0.190.